The van der Waals surface area contributed by atoms with E-state index < -0.39 is 0 Å². The zero-order chi connectivity index (χ0) is 6.95. The average molecular weight is 261 g/mol. The van der Waals surface area contributed by atoms with Crippen LogP contribution < -0.4 is 0 Å². The van der Waals surface area contributed by atoms with E-state index in [0.29, 0.717) is 0 Å². The van der Waals surface area contributed by atoms with Crippen molar-refractivity contribution in [2.45, 2.75) is 32.1 Å². The highest BCUT2D eigenvalue weighted by Crippen LogP contribution is 2.04. The van der Waals surface area contributed by atoms with Crippen LogP contribution in [0.4, 0.5) is 0 Å². The fourth-order valence-corrected chi connectivity index (χ4v) is 1.45. The number of halogens is 2. The van der Waals surface area contributed by atoms with E-state index in [4.69, 9.17) is 11.6 Å². The van der Waals surface area contributed by atoms with Crippen molar-refractivity contribution in [3.05, 3.63) is 0 Å². The fourth-order valence-electron chi connectivity index (χ4n) is 0.719. The van der Waals surface area contributed by atoms with Crippen molar-refractivity contribution in [2.24, 2.45) is 0 Å². The van der Waals surface area contributed by atoms with Crippen LogP contribution in [0.25, 0.3) is 0 Å². The summed E-state index contributed by atoms with van der Waals surface area (Å²) >= 11 is 7.94. The number of rotatable bonds is 6. The molecule has 56 valence electrons. The van der Waals surface area contributed by atoms with Crippen molar-refractivity contribution in [1.82, 2.24) is 0 Å². The molecule has 0 radical (unpaired) electrons. The van der Waals surface area contributed by atoms with Crippen molar-refractivity contribution in [3.63, 3.8) is 0 Å². The van der Waals surface area contributed by atoms with Gasteiger partial charge in [0.15, 0.2) is 0 Å². The third-order valence-corrected chi connectivity index (χ3v) is 2.30. The quantitative estimate of drug-likeness (QED) is 0.389. The molecule has 0 saturated heterocycles. The Morgan fingerprint density at radius 3 is 2.00 bits per heavy atom. The van der Waals surface area contributed by atoms with Crippen molar-refractivity contribution in [1.29, 1.82) is 0 Å². The van der Waals surface area contributed by atoms with Crippen LogP contribution in [-0.4, -0.2) is 10.3 Å². The van der Waals surface area contributed by atoms with Crippen LogP contribution in [0.5, 0.6) is 0 Å². The van der Waals surface area contributed by atoms with Crippen molar-refractivity contribution in [3.8, 4) is 0 Å². The van der Waals surface area contributed by atoms with Gasteiger partial charge in [-0.1, -0.05) is 41.9 Å². The molecule has 0 spiro atoms. The van der Waals surface area contributed by atoms with E-state index in [9.17, 15) is 0 Å². The molecule has 0 N–H and O–H groups in total. The first-order valence-corrected chi connectivity index (χ1v) is 5.59. The van der Waals surface area contributed by atoms with E-state index in [-0.39, 0.29) is 0 Å². The maximum Gasteiger partial charge on any atom is 0.0223 e. The summed E-state index contributed by atoms with van der Waals surface area (Å²) < 4.78 is 1.30. The summed E-state index contributed by atoms with van der Waals surface area (Å²) in [5.41, 5.74) is 0. The third-order valence-electron chi connectivity index (χ3n) is 1.27. The van der Waals surface area contributed by atoms with Gasteiger partial charge in [-0.2, -0.15) is 0 Å². The van der Waals surface area contributed by atoms with Crippen molar-refractivity contribution in [2.75, 3.05) is 10.3 Å². The maximum absolute atomic E-state index is 5.51. The monoisotopic (exact) mass is 260 g/mol. The summed E-state index contributed by atoms with van der Waals surface area (Å²) in [7, 11) is 0. The van der Waals surface area contributed by atoms with Crippen LogP contribution in [0.1, 0.15) is 32.1 Å². The molecule has 0 atom stereocenters. The minimum absolute atomic E-state index is 0.838. The standard InChI is InChI=1S/C7H14ClI/c8-6-4-2-1-3-5-7-9/h1-7H2. The van der Waals surface area contributed by atoms with Gasteiger partial charge in [0.2, 0.25) is 0 Å². The summed E-state index contributed by atoms with van der Waals surface area (Å²) in [6.07, 6.45) is 6.65. The van der Waals surface area contributed by atoms with E-state index in [1.165, 1.54) is 36.5 Å². The Morgan fingerprint density at radius 2 is 1.44 bits per heavy atom. The Balaban J connectivity index is 2.60. The second-order valence-corrected chi connectivity index (χ2v) is 3.60. The molecule has 0 nitrogen and oxygen atoms in total. The molecule has 0 bridgehead atoms. The summed E-state index contributed by atoms with van der Waals surface area (Å²) in [4.78, 5) is 0. The molecule has 0 aliphatic carbocycles. The Bertz CT molecular complexity index is 42.2. The highest BCUT2D eigenvalue weighted by molar-refractivity contribution is 14.1. The first kappa shape index (κ1) is 10.0. The summed E-state index contributed by atoms with van der Waals surface area (Å²) in [5, 5.41) is 0. The third kappa shape index (κ3) is 9.02. The largest absolute Gasteiger partial charge is 0.127 e. The predicted molar refractivity (Wildman–Crippen MR) is 52.7 cm³/mol. The fraction of sp³-hybridized carbons (Fsp3) is 1.00. The normalized spacial score (nSPS) is 10.0. The molecule has 9 heavy (non-hydrogen) atoms. The number of hydrogen-bond acceptors (Lipinski definition) is 0. The van der Waals surface area contributed by atoms with Gasteiger partial charge in [0, 0.05) is 5.88 Å². The molecule has 0 rings (SSSR count). The first-order valence-electron chi connectivity index (χ1n) is 3.53. The minimum atomic E-state index is 0.838. The second kappa shape index (κ2) is 9.02. The lowest BCUT2D eigenvalue weighted by atomic mass is 10.2. The average Bonchev–Trinajstić information content (AvgIpc) is 1.89. The molecule has 0 amide bonds. The zero-order valence-corrected chi connectivity index (χ0v) is 8.62. The minimum Gasteiger partial charge on any atom is -0.127 e. The molecule has 0 aromatic carbocycles. The van der Waals surface area contributed by atoms with Gasteiger partial charge in [0.05, 0.1) is 0 Å². The highest BCUT2D eigenvalue weighted by Gasteiger charge is 1.86. The molecule has 2 heteroatoms. The van der Waals surface area contributed by atoms with Gasteiger partial charge in [-0.3, -0.25) is 0 Å². The van der Waals surface area contributed by atoms with Crippen molar-refractivity contribution < 1.29 is 0 Å². The van der Waals surface area contributed by atoms with E-state index in [1.807, 2.05) is 0 Å². The maximum atomic E-state index is 5.51. The lowest BCUT2D eigenvalue weighted by Gasteiger charge is -1.94. The Morgan fingerprint density at radius 1 is 0.889 bits per heavy atom. The van der Waals surface area contributed by atoms with Gasteiger partial charge in [-0.05, 0) is 17.3 Å². The molecule has 0 saturated carbocycles. The molecule has 0 aromatic rings. The lowest BCUT2D eigenvalue weighted by Crippen LogP contribution is -1.79. The number of hydrogen-bond donors (Lipinski definition) is 0. The zero-order valence-electron chi connectivity index (χ0n) is 5.71. The van der Waals surface area contributed by atoms with Gasteiger partial charge in [-0.15, -0.1) is 11.6 Å². The van der Waals surface area contributed by atoms with Crippen LogP contribution in [0.3, 0.4) is 0 Å². The van der Waals surface area contributed by atoms with Crippen LogP contribution in [-0.2, 0) is 0 Å². The van der Waals surface area contributed by atoms with Gasteiger partial charge < -0.3 is 0 Å². The van der Waals surface area contributed by atoms with Crippen LogP contribution in [0, 0.1) is 0 Å². The van der Waals surface area contributed by atoms with Crippen LogP contribution in [0.2, 0.25) is 0 Å². The van der Waals surface area contributed by atoms with E-state index in [1.54, 1.807) is 0 Å². The summed E-state index contributed by atoms with van der Waals surface area (Å²) in [6, 6.07) is 0. The molecule has 0 heterocycles. The SMILES string of the molecule is ClCCCCCCCI. The summed E-state index contributed by atoms with van der Waals surface area (Å²) in [6.45, 7) is 0. The molecule has 0 fully saturated rings. The van der Waals surface area contributed by atoms with Gasteiger partial charge in [0.25, 0.3) is 0 Å². The Kier molecular flexibility index (Phi) is 10.0. The van der Waals surface area contributed by atoms with E-state index in [2.05, 4.69) is 22.6 Å². The molecule has 0 unspecified atom stereocenters. The molecular weight excluding hydrogens is 246 g/mol. The Labute approximate surface area is 76.5 Å². The number of unbranched alkanes of at least 4 members (excludes halogenated alkanes) is 4. The van der Waals surface area contributed by atoms with E-state index >= 15 is 0 Å². The highest BCUT2D eigenvalue weighted by atomic mass is 127. The number of alkyl halides is 2. The topological polar surface area (TPSA) is 0 Å². The molecule has 0 aromatic heterocycles. The predicted octanol–water partition coefficient (Wildman–Crippen LogP) is 3.61. The van der Waals surface area contributed by atoms with Crippen LogP contribution in [0.15, 0.2) is 0 Å². The summed E-state index contributed by atoms with van der Waals surface area (Å²) in [5.74, 6) is 0.838. The van der Waals surface area contributed by atoms with Gasteiger partial charge in [-0.25, -0.2) is 0 Å². The van der Waals surface area contributed by atoms with E-state index in [0.717, 1.165) is 5.88 Å². The second-order valence-electron chi connectivity index (χ2n) is 2.15. The molecular formula is C7H14ClI. The van der Waals surface area contributed by atoms with Gasteiger partial charge >= 0.3 is 0 Å². The smallest absolute Gasteiger partial charge is 0.0223 e. The lowest BCUT2D eigenvalue weighted by molar-refractivity contribution is 0.664. The van der Waals surface area contributed by atoms with Gasteiger partial charge in [0.1, 0.15) is 0 Å². The van der Waals surface area contributed by atoms with Crippen LogP contribution >= 0.6 is 34.2 Å². The molecule has 0 aliphatic rings. The van der Waals surface area contributed by atoms with Crippen molar-refractivity contribution >= 4 is 34.2 Å². The first-order chi connectivity index (χ1) is 4.41. The molecule has 0 aliphatic heterocycles. The Hall–Kier alpha value is 1.02.